The van der Waals surface area contributed by atoms with Crippen LogP contribution in [0.25, 0.3) is 0 Å². The molecule has 1 aromatic carbocycles. The highest BCUT2D eigenvalue weighted by Gasteiger charge is 2.06. The maximum atomic E-state index is 12.9. The lowest BCUT2D eigenvalue weighted by atomic mass is 10.1. The Morgan fingerprint density at radius 1 is 1.33 bits per heavy atom. The van der Waals surface area contributed by atoms with E-state index in [0.29, 0.717) is 6.08 Å². The summed E-state index contributed by atoms with van der Waals surface area (Å²) in [5, 5.41) is 8.18. The second-order valence-corrected chi connectivity index (χ2v) is 3.07. The highest BCUT2D eigenvalue weighted by atomic mass is 35.5. The minimum absolute atomic E-state index is 0.0504. The molecule has 0 atom stereocenters. The van der Waals surface area contributed by atoms with Crippen LogP contribution < -0.4 is 0 Å². The summed E-state index contributed by atoms with van der Waals surface area (Å²) in [4.78, 5) is 21.4. The first-order valence-corrected chi connectivity index (χ1v) is 4.29. The summed E-state index contributed by atoms with van der Waals surface area (Å²) in [6.07, 6.45) is 1.54. The van der Waals surface area contributed by atoms with Gasteiger partial charge in [-0.25, -0.2) is 9.18 Å². The van der Waals surface area contributed by atoms with Gasteiger partial charge in [-0.05, 0) is 24.3 Å². The molecule has 78 valence electrons. The van der Waals surface area contributed by atoms with E-state index in [1.165, 1.54) is 12.1 Å². The zero-order valence-corrected chi connectivity index (χ0v) is 8.16. The molecule has 5 heteroatoms. The van der Waals surface area contributed by atoms with Crippen LogP contribution in [-0.2, 0) is 4.79 Å². The Morgan fingerprint density at radius 3 is 2.53 bits per heavy atom. The first-order chi connectivity index (χ1) is 7.00. The molecular formula is C10H6ClFO3. The fourth-order valence-electron chi connectivity index (χ4n) is 0.893. The molecule has 0 aromatic heterocycles. The van der Waals surface area contributed by atoms with Gasteiger partial charge < -0.3 is 5.11 Å². The molecule has 0 radical (unpaired) electrons. The molecule has 0 unspecified atom stereocenters. The van der Waals surface area contributed by atoms with Crippen molar-refractivity contribution in [3.63, 3.8) is 0 Å². The van der Waals surface area contributed by atoms with Gasteiger partial charge >= 0.3 is 5.97 Å². The molecule has 15 heavy (non-hydrogen) atoms. The summed E-state index contributed by atoms with van der Waals surface area (Å²) in [7, 11) is 0. The minimum Gasteiger partial charge on any atom is -0.478 e. The Kier molecular flexibility index (Phi) is 3.57. The largest absolute Gasteiger partial charge is 0.478 e. The molecule has 0 spiro atoms. The van der Waals surface area contributed by atoms with Crippen molar-refractivity contribution < 1.29 is 19.1 Å². The van der Waals surface area contributed by atoms with Crippen LogP contribution in [0.2, 0.25) is 5.02 Å². The van der Waals surface area contributed by atoms with E-state index >= 15 is 0 Å². The Bertz CT molecular complexity index is 440. The number of benzene rings is 1. The summed E-state index contributed by atoms with van der Waals surface area (Å²) in [5.74, 6) is -2.54. The van der Waals surface area contributed by atoms with Crippen LogP contribution in [0.15, 0.2) is 30.4 Å². The molecule has 0 saturated carbocycles. The third kappa shape index (κ3) is 3.18. The van der Waals surface area contributed by atoms with Gasteiger partial charge in [0.25, 0.3) is 0 Å². The lowest BCUT2D eigenvalue weighted by Gasteiger charge is -1.97. The molecule has 3 nitrogen and oxygen atoms in total. The molecule has 0 aliphatic heterocycles. The van der Waals surface area contributed by atoms with Crippen molar-refractivity contribution in [2.45, 2.75) is 0 Å². The van der Waals surface area contributed by atoms with Crippen LogP contribution in [0.5, 0.6) is 0 Å². The van der Waals surface area contributed by atoms with Crippen LogP contribution in [0.3, 0.4) is 0 Å². The first-order valence-electron chi connectivity index (χ1n) is 3.91. The number of hydrogen-bond donors (Lipinski definition) is 1. The number of carboxylic acids is 1. The maximum absolute atomic E-state index is 12.9. The van der Waals surface area contributed by atoms with E-state index in [9.17, 15) is 14.0 Å². The number of allylic oxidation sites excluding steroid dienone is 1. The molecule has 1 rings (SSSR count). The smallest absolute Gasteiger partial charge is 0.328 e. The van der Waals surface area contributed by atoms with E-state index < -0.39 is 17.6 Å². The van der Waals surface area contributed by atoms with Gasteiger partial charge in [0.05, 0.1) is 5.02 Å². The van der Waals surface area contributed by atoms with Crippen molar-refractivity contribution >= 4 is 23.4 Å². The molecule has 0 bridgehead atoms. The van der Waals surface area contributed by atoms with Crippen molar-refractivity contribution in [3.05, 3.63) is 46.8 Å². The lowest BCUT2D eigenvalue weighted by Crippen LogP contribution is -1.97. The van der Waals surface area contributed by atoms with Crippen molar-refractivity contribution in [2.75, 3.05) is 0 Å². The van der Waals surface area contributed by atoms with Crippen molar-refractivity contribution in [1.82, 2.24) is 0 Å². The Hall–Kier alpha value is -1.68. The second-order valence-electron chi connectivity index (χ2n) is 2.66. The summed E-state index contributed by atoms with van der Waals surface area (Å²) < 4.78 is 12.9. The fraction of sp³-hybridized carbons (Fsp3) is 0. The molecule has 0 fully saturated rings. The summed E-state index contributed by atoms with van der Waals surface area (Å²) in [5.41, 5.74) is 0.0504. The standard InChI is InChI=1S/C10H6ClFO3/c11-7-2-1-6(5-8(7)12)9(13)3-4-10(14)15/h1-5H,(H,14,15). The predicted molar refractivity (Wildman–Crippen MR) is 52.5 cm³/mol. The van der Waals surface area contributed by atoms with Crippen LogP contribution in [0.1, 0.15) is 10.4 Å². The van der Waals surface area contributed by atoms with E-state index in [4.69, 9.17) is 16.7 Å². The number of carbonyl (C=O) groups is 2. The second kappa shape index (κ2) is 4.70. The van der Waals surface area contributed by atoms with Gasteiger partial charge in [-0.3, -0.25) is 4.79 Å². The van der Waals surface area contributed by atoms with Crippen molar-refractivity contribution in [2.24, 2.45) is 0 Å². The Balaban J connectivity index is 2.92. The minimum atomic E-state index is -1.24. The third-order valence-electron chi connectivity index (χ3n) is 1.58. The highest BCUT2D eigenvalue weighted by molar-refractivity contribution is 6.30. The van der Waals surface area contributed by atoms with Gasteiger partial charge in [-0.15, -0.1) is 0 Å². The Morgan fingerprint density at radius 2 is 2.00 bits per heavy atom. The summed E-state index contributed by atoms with van der Waals surface area (Å²) in [6, 6.07) is 3.51. The van der Waals surface area contributed by atoms with E-state index in [0.717, 1.165) is 12.1 Å². The fourth-order valence-corrected chi connectivity index (χ4v) is 1.01. The van der Waals surface area contributed by atoms with E-state index in [1.807, 2.05) is 0 Å². The molecule has 0 saturated heterocycles. The topological polar surface area (TPSA) is 54.4 Å². The monoisotopic (exact) mass is 228 g/mol. The highest BCUT2D eigenvalue weighted by Crippen LogP contribution is 2.15. The zero-order chi connectivity index (χ0) is 11.4. The van der Waals surface area contributed by atoms with Gasteiger partial charge in [0, 0.05) is 11.6 Å². The van der Waals surface area contributed by atoms with Crippen LogP contribution in [0.4, 0.5) is 4.39 Å². The van der Waals surface area contributed by atoms with Gasteiger partial charge in [0.2, 0.25) is 0 Å². The molecule has 1 N–H and O–H groups in total. The Labute approximate surface area is 89.8 Å². The van der Waals surface area contributed by atoms with Crippen LogP contribution >= 0.6 is 11.6 Å². The predicted octanol–water partition coefficient (Wildman–Crippen LogP) is 2.30. The number of halogens is 2. The first kappa shape index (κ1) is 11.4. The number of aliphatic carboxylic acids is 1. The van der Waals surface area contributed by atoms with E-state index in [1.54, 1.807) is 0 Å². The normalized spacial score (nSPS) is 10.5. The zero-order valence-electron chi connectivity index (χ0n) is 7.41. The van der Waals surface area contributed by atoms with Gasteiger partial charge in [-0.1, -0.05) is 11.6 Å². The molecular weight excluding hydrogens is 223 g/mol. The molecule has 0 aliphatic rings. The maximum Gasteiger partial charge on any atom is 0.328 e. The molecule has 0 aliphatic carbocycles. The number of carbonyl (C=O) groups excluding carboxylic acids is 1. The third-order valence-corrected chi connectivity index (χ3v) is 1.89. The van der Waals surface area contributed by atoms with E-state index in [2.05, 4.69) is 0 Å². The average molecular weight is 229 g/mol. The van der Waals surface area contributed by atoms with Crippen LogP contribution in [-0.4, -0.2) is 16.9 Å². The lowest BCUT2D eigenvalue weighted by molar-refractivity contribution is -0.131. The number of rotatable bonds is 3. The average Bonchev–Trinajstić information content (AvgIpc) is 2.18. The summed E-state index contributed by atoms with van der Waals surface area (Å²) in [6.45, 7) is 0. The van der Waals surface area contributed by atoms with Crippen LogP contribution in [0, 0.1) is 5.82 Å². The molecule has 0 amide bonds. The van der Waals surface area contributed by atoms with Crippen molar-refractivity contribution in [3.8, 4) is 0 Å². The van der Waals surface area contributed by atoms with Crippen molar-refractivity contribution in [1.29, 1.82) is 0 Å². The quantitative estimate of drug-likeness (QED) is 0.638. The van der Waals surface area contributed by atoms with E-state index in [-0.39, 0.29) is 10.6 Å². The number of carboxylic acid groups (broad SMARTS) is 1. The van der Waals surface area contributed by atoms with Gasteiger partial charge in [0.15, 0.2) is 5.78 Å². The number of hydrogen-bond acceptors (Lipinski definition) is 2. The molecule has 0 heterocycles. The SMILES string of the molecule is O=C(O)C=CC(=O)c1ccc(Cl)c(F)c1. The molecule has 1 aromatic rings. The summed E-state index contributed by atoms with van der Waals surface area (Å²) >= 11 is 5.41. The number of ketones is 1. The van der Waals surface area contributed by atoms with Gasteiger partial charge in [0.1, 0.15) is 5.82 Å². The van der Waals surface area contributed by atoms with Gasteiger partial charge in [-0.2, -0.15) is 0 Å².